The predicted molar refractivity (Wildman–Crippen MR) is 137 cm³/mol. The summed E-state index contributed by atoms with van der Waals surface area (Å²) in [6.07, 6.45) is -1.85. The van der Waals surface area contributed by atoms with Crippen LogP contribution in [-0.4, -0.2) is 54.0 Å². The zero-order chi connectivity index (χ0) is 28.0. The van der Waals surface area contributed by atoms with Gasteiger partial charge in [-0.15, -0.1) is 0 Å². The van der Waals surface area contributed by atoms with Gasteiger partial charge in [0.1, 0.15) is 0 Å². The number of hydrogen-bond donors (Lipinski definition) is 1. The first-order chi connectivity index (χ1) is 18.4. The molecule has 3 aliphatic rings. The van der Waals surface area contributed by atoms with E-state index in [1.807, 2.05) is 18.2 Å². The molecule has 3 fully saturated rings. The van der Waals surface area contributed by atoms with Crippen LogP contribution in [0.4, 0.5) is 32.4 Å². The van der Waals surface area contributed by atoms with Gasteiger partial charge < -0.3 is 10.2 Å². The van der Waals surface area contributed by atoms with Gasteiger partial charge in [0.25, 0.3) is 5.92 Å². The minimum atomic E-state index is -4.68. The number of anilines is 1. The van der Waals surface area contributed by atoms with Crippen molar-refractivity contribution in [2.45, 2.75) is 55.7 Å². The van der Waals surface area contributed by atoms with Crippen molar-refractivity contribution in [1.82, 2.24) is 9.80 Å². The molecule has 1 heterocycles. The van der Waals surface area contributed by atoms with Crippen LogP contribution in [-0.2, 0) is 11.6 Å². The molecule has 2 saturated carbocycles. The molecule has 1 saturated heterocycles. The van der Waals surface area contributed by atoms with E-state index in [9.17, 15) is 32.0 Å². The van der Waals surface area contributed by atoms with Crippen molar-refractivity contribution in [2.75, 3.05) is 31.5 Å². The van der Waals surface area contributed by atoms with Gasteiger partial charge in [0.15, 0.2) is 0 Å². The van der Waals surface area contributed by atoms with Crippen LogP contribution < -0.4 is 5.32 Å². The van der Waals surface area contributed by atoms with Crippen LogP contribution in [0.3, 0.4) is 0 Å². The topological polar surface area (TPSA) is 59.4 Å². The monoisotopic (exact) mass is 566 g/mol. The number of urea groups is 1. The molecule has 2 aromatic rings. The summed E-state index contributed by atoms with van der Waals surface area (Å²) < 4.78 is 67.5. The van der Waals surface area contributed by atoms with Crippen molar-refractivity contribution in [3.63, 3.8) is 0 Å². The molecule has 11 heteroatoms. The Labute approximate surface area is 228 Å². The first kappa shape index (κ1) is 27.7. The average molecular weight is 567 g/mol. The predicted octanol–water partition coefficient (Wildman–Crippen LogP) is 6.92. The zero-order valence-corrected chi connectivity index (χ0v) is 21.8. The number of nitrogens with one attached hydrogen (secondary N) is 1. The third-order valence-electron chi connectivity index (χ3n) is 8.41. The molecule has 0 radical (unpaired) electrons. The zero-order valence-electron chi connectivity index (χ0n) is 21.1. The maximum atomic E-state index is 13.7. The number of benzene rings is 2. The van der Waals surface area contributed by atoms with Gasteiger partial charge in [-0.25, -0.2) is 13.6 Å². The molecular weight excluding hydrogens is 539 g/mol. The molecule has 0 aromatic heterocycles. The van der Waals surface area contributed by atoms with E-state index in [0.29, 0.717) is 24.3 Å². The Balaban J connectivity index is 1.32. The Morgan fingerprint density at radius 2 is 2.00 bits per heavy atom. The summed E-state index contributed by atoms with van der Waals surface area (Å²) in [4.78, 5) is 16.6. The number of alkyl halides is 5. The minimum Gasteiger partial charge on any atom is -0.320 e. The first-order valence-corrected chi connectivity index (χ1v) is 13.3. The van der Waals surface area contributed by atoms with E-state index < -0.39 is 28.7 Å². The molecule has 208 valence electrons. The summed E-state index contributed by atoms with van der Waals surface area (Å²) in [5.74, 6) is -2.47. The van der Waals surface area contributed by atoms with Gasteiger partial charge in [0.2, 0.25) is 0 Å². The lowest BCUT2D eigenvalue weighted by atomic mass is 9.80. The van der Waals surface area contributed by atoms with Crippen molar-refractivity contribution in [3.05, 3.63) is 64.2 Å². The highest BCUT2D eigenvalue weighted by molar-refractivity contribution is 6.31. The minimum absolute atomic E-state index is 0.0414. The Morgan fingerprint density at radius 3 is 2.67 bits per heavy atom. The van der Waals surface area contributed by atoms with Crippen molar-refractivity contribution < 1.29 is 26.7 Å². The highest BCUT2D eigenvalue weighted by atomic mass is 35.5. The number of likely N-dealkylation sites (tertiary alicyclic amines) is 1. The van der Waals surface area contributed by atoms with Gasteiger partial charge in [-0.3, -0.25) is 4.90 Å². The number of nitrogens with zero attached hydrogens (tertiary/aromatic N) is 3. The quantitative estimate of drug-likeness (QED) is 0.386. The van der Waals surface area contributed by atoms with Crippen molar-refractivity contribution >= 4 is 23.3 Å². The summed E-state index contributed by atoms with van der Waals surface area (Å²) in [7, 11) is 0. The van der Waals surface area contributed by atoms with Crippen LogP contribution in [0.25, 0.3) is 0 Å². The lowest BCUT2D eigenvalue weighted by Crippen LogP contribution is -2.48. The van der Waals surface area contributed by atoms with Gasteiger partial charge in [0, 0.05) is 37.8 Å². The molecule has 1 aliphatic heterocycles. The Kier molecular flexibility index (Phi) is 7.27. The van der Waals surface area contributed by atoms with Crippen molar-refractivity contribution in [2.24, 2.45) is 5.92 Å². The van der Waals surface area contributed by atoms with E-state index in [4.69, 9.17) is 11.6 Å². The molecule has 0 bridgehead atoms. The molecule has 39 heavy (non-hydrogen) atoms. The fourth-order valence-electron chi connectivity index (χ4n) is 6.26. The Bertz CT molecular complexity index is 1300. The van der Waals surface area contributed by atoms with Crippen molar-refractivity contribution in [3.8, 4) is 6.07 Å². The van der Waals surface area contributed by atoms with Crippen LogP contribution >= 0.6 is 11.6 Å². The van der Waals surface area contributed by atoms with E-state index in [1.54, 1.807) is 15.9 Å². The van der Waals surface area contributed by atoms with E-state index in [0.717, 1.165) is 30.5 Å². The normalized spacial score (nSPS) is 26.0. The maximum Gasteiger partial charge on any atom is 0.417 e. The molecule has 5 nitrogen and oxygen atoms in total. The lowest BCUT2D eigenvalue weighted by molar-refractivity contribution is -0.137. The fraction of sp³-hybridized carbons (Fsp3) is 0.500. The second-order valence-electron chi connectivity index (χ2n) is 10.9. The second-order valence-corrected chi connectivity index (χ2v) is 11.3. The standard InChI is InChI=1S/C28H28ClF5N4O/c29-24-5-4-21(14-23(24)28(32,33)34)36-25(39)38(11-10-37-9-8-27(30,31)17-37)22-6-7-26(15-20(26)13-22)19-3-1-2-18(12-19)16-35/h1-5,12,14,20,22H,6-11,13,15,17H2,(H,36,39)/t20?,22-,26-/m1/s1. The number of rotatable bonds is 6. The van der Waals surface area contributed by atoms with Crippen LogP contribution in [0.1, 0.15) is 48.8 Å². The largest absolute Gasteiger partial charge is 0.417 e. The third-order valence-corrected chi connectivity index (χ3v) is 8.74. The van der Waals surface area contributed by atoms with Gasteiger partial charge in [-0.05, 0) is 72.9 Å². The molecule has 2 aliphatic carbocycles. The van der Waals surface area contributed by atoms with E-state index in [1.165, 1.54) is 6.07 Å². The van der Waals surface area contributed by atoms with Crippen LogP contribution in [0.5, 0.6) is 0 Å². The van der Waals surface area contributed by atoms with Crippen LogP contribution in [0, 0.1) is 17.2 Å². The van der Waals surface area contributed by atoms with E-state index in [-0.39, 0.29) is 49.7 Å². The van der Waals surface area contributed by atoms with Gasteiger partial charge in [0.05, 0.1) is 28.8 Å². The number of carbonyl (C=O) groups excluding carboxylic acids is 1. The molecule has 1 unspecified atom stereocenters. The maximum absolute atomic E-state index is 13.7. The number of hydrogen-bond acceptors (Lipinski definition) is 3. The summed E-state index contributed by atoms with van der Waals surface area (Å²) in [6, 6.07) is 12.2. The number of halogens is 6. The molecule has 0 spiro atoms. The third kappa shape index (κ3) is 5.85. The smallest absolute Gasteiger partial charge is 0.320 e. The molecular formula is C28H28ClF5N4O. The van der Waals surface area contributed by atoms with Crippen molar-refractivity contribution in [1.29, 1.82) is 5.26 Å². The molecule has 1 N–H and O–H groups in total. The number of amides is 2. The second kappa shape index (κ2) is 10.3. The molecule has 3 atom stereocenters. The molecule has 5 rings (SSSR count). The van der Waals surface area contributed by atoms with Crippen LogP contribution in [0.15, 0.2) is 42.5 Å². The van der Waals surface area contributed by atoms with Crippen LogP contribution in [0.2, 0.25) is 5.02 Å². The molecule has 2 aromatic carbocycles. The summed E-state index contributed by atoms with van der Waals surface area (Å²) >= 11 is 5.72. The number of nitriles is 1. The summed E-state index contributed by atoms with van der Waals surface area (Å²) in [5, 5.41) is 11.4. The summed E-state index contributed by atoms with van der Waals surface area (Å²) in [6.45, 7) is 0.268. The fourth-order valence-corrected chi connectivity index (χ4v) is 6.48. The Morgan fingerprint density at radius 1 is 1.21 bits per heavy atom. The highest BCUT2D eigenvalue weighted by Gasteiger charge is 2.58. The average Bonchev–Trinajstić information content (AvgIpc) is 3.53. The first-order valence-electron chi connectivity index (χ1n) is 13.0. The lowest BCUT2D eigenvalue weighted by Gasteiger charge is -2.37. The SMILES string of the molecule is N#Cc1cccc([C@]23CC[C@@H](N(CCN4CCC(F)(F)C4)C(=O)Nc4ccc(Cl)c(C(F)(F)F)c4)CC2C3)c1. The van der Waals surface area contributed by atoms with E-state index >= 15 is 0 Å². The summed E-state index contributed by atoms with van der Waals surface area (Å²) in [5.41, 5.74) is 0.577. The highest BCUT2D eigenvalue weighted by Crippen LogP contribution is 2.63. The van der Waals surface area contributed by atoms with Gasteiger partial charge in [-0.1, -0.05) is 23.7 Å². The number of carbonyl (C=O) groups is 1. The molecule has 2 amide bonds. The van der Waals surface area contributed by atoms with E-state index in [2.05, 4.69) is 11.4 Å². The van der Waals surface area contributed by atoms with Gasteiger partial charge in [-0.2, -0.15) is 18.4 Å². The Hall–Kier alpha value is -2.90. The number of fused-ring (bicyclic) bond motifs is 1. The van der Waals surface area contributed by atoms with Gasteiger partial charge >= 0.3 is 12.2 Å².